The molecular weight excluding hydrogens is 348 g/mol. The topological polar surface area (TPSA) is 29.5 Å². The molecule has 1 N–H and O–H groups in total. The minimum absolute atomic E-state index is 0.0785. The van der Waals surface area contributed by atoms with E-state index in [1.54, 1.807) is 5.56 Å². The average Bonchev–Trinajstić information content (AvgIpc) is 2.88. The van der Waals surface area contributed by atoms with Gasteiger partial charge in [0.05, 0.1) is 6.10 Å². The van der Waals surface area contributed by atoms with Crippen molar-refractivity contribution in [1.82, 2.24) is 0 Å². The quantitative estimate of drug-likeness (QED) is 0.605. The van der Waals surface area contributed by atoms with Crippen molar-refractivity contribution in [2.24, 2.45) is 17.3 Å². The normalized spacial score (nSPS) is 36.0. The van der Waals surface area contributed by atoms with Crippen molar-refractivity contribution in [3.8, 4) is 5.75 Å². The number of rotatable bonds is 2. The van der Waals surface area contributed by atoms with Crippen LogP contribution in [0, 0.1) is 17.3 Å². The van der Waals surface area contributed by atoms with Gasteiger partial charge in [-0.15, -0.1) is 0 Å². The van der Waals surface area contributed by atoms with Crippen LogP contribution in [0.2, 0.25) is 18.1 Å². The fraction of sp³-hybridized carbons (Fsp3) is 0.750. The van der Waals surface area contributed by atoms with Gasteiger partial charge in [0.15, 0.2) is 0 Å². The van der Waals surface area contributed by atoms with Crippen molar-refractivity contribution in [1.29, 1.82) is 0 Å². The molecule has 3 aliphatic carbocycles. The predicted octanol–water partition coefficient (Wildman–Crippen LogP) is 6.29. The molecule has 2 saturated carbocycles. The van der Waals surface area contributed by atoms with Crippen LogP contribution in [0.4, 0.5) is 0 Å². The van der Waals surface area contributed by atoms with Gasteiger partial charge in [-0.05, 0) is 103 Å². The molecule has 2 fully saturated rings. The van der Waals surface area contributed by atoms with Crippen LogP contribution in [0.3, 0.4) is 0 Å². The van der Waals surface area contributed by atoms with Gasteiger partial charge in [0, 0.05) is 0 Å². The van der Waals surface area contributed by atoms with Gasteiger partial charge in [0.2, 0.25) is 8.32 Å². The minimum atomic E-state index is -1.79. The summed E-state index contributed by atoms with van der Waals surface area (Å²) in [6, 6.07) is 6.96. The molecular formula is C24H38O2Si. The number of aryl methyl sites for hydroxylation is 1. The Labute approximate surface area is 166 Å². The van der Waals surface area contributed by atoms with E-state index >= 15 is 0 Å². The number of fused-ring (bicyclic) bond motifs is 5. The highest BCUT2D eigenvalue weighted by molar-refractivity contribution is 6.74. The van der Waals surface area contributed by atoms with Gasteiger partial charge < -0.3 is 9.53 Å². The molecule has 2 nitrogen and oxygen atoms in total. The van der Waals surface area contributed by atoms with E-state index in [0.29, 0.717) is 11.8 Å². The summed E-state index contributed by atoms with van der Waals surface area (Å²) in [6.45, 7) is 13.9. The SMILES string of the molecule is CC12CCC3c4ccc(O[Si](C)(C)C(C)(C)C)cc4CCC3C1CCC2O. The summed E-state index contributed by atoms with van der Waals surface area (Å²) < 4.78 is 6.57. The van der Waals surface area contributed by atoms with Crippen LogP contribution < -0.4 is 4.43 Å². The fourth-order valence-electron chi connectivity index (χ4n) is 6.04. The number of aliphatic hydroxyl groups is 1. The van der Waals surface area contributed by atoms with E-state index in [9.17, 15) is 5.11 Å². The van der Waals surface area contributed by atoms with Crippen molar-refractivity contribution in [2.45, 2.75) is 96.4 Å². The number of benzene rings is 1. The maximum atomic E-state index is 10.6. The molecule has 3 aliphatic rings. The summed E-state index contributed by atoms with van der Waals surface area (Å²) in [5.41, 5.74) is 3.27. The Bertz CT molecular complexity index is 720. The van der Waals surface area contributed by atoms with Crippen LogP contribution in [0.25, 0.3) is 0 Å². The van der Waals surface area contributed by atoms with Crippen LogP contribution in [0.1, 0.15) is 76.8 Å². The minimum Gasteiger partial charge on any atom is -0.543 e. The van der Waals surface area contributed by atoms with Crippen LogP contribution in [-0.4, -0.2) is 19.5 Å². The Kier molecular flexibility index (Phi) is 4.59. The van der Waals surface area contributed by atoms with E-state index in [0.717, 1.165) is 18.1 Å². The van der Waals surface area contributed by atoms with Gasteiger partial charge in [-0.2, -0.15) is 0 Å². The zero-order valence-electron chi connectivity index (χ0n) is 18.1. The Morgan fingerprint density at radius 3 is 2.56 bits per heavy atom. The van der Waals surface area contributed by atoms with Crippen LogP contribution in [0.5, 0.6) is 5.75 Å². The lowest BCUT2D eigenvalue weighted by Gasteiger charge is -2.50. The highest BCUT2D eigenvalue weighted by atomic mass is 28.4. The molecule has 1 aromatic rings. The molecule has 27 heavy (non-hydrogen) atoms. The maximum Gasteiger partial charge on any atom is 0.250 e. The number of hydrogen-bond acceptors (Lipinski definition) is 2. The van der Waals surface area contributed by atoms with Crippen molar-refractivity contribution >= 4 is 8.32 Å². The molecule has 0 amide bonds. The second kappa shape index (κ2) is 6.35. The number of hydrogen-bond donors (Lipinski definition) is 1. The third-order valence-corrected chi connectivity index (χ3v) is 13.2. The zero-order chi connectivity index (χ0) is 19.6. The second-order valence-electron chi connectivity index (χ2n) is 11.3. The molecule has 150 valence electrons. The standard InChI is InChI=1S/C24H38O2Si/c1-23(2,3)27(5,6)26-17-8-10-18-16(15-17)7-9-20-19(18)13-14-24(4)21(20)11-12-22(24)25/h8,10,15,19-22,25H,7,9,11-14H2,1-6H3. The molecule has 5 atom stereocenters. The van der Waals surface area contributed by atoms with Crippen LogP contribution in [0.15, 0.2) is 18.2 Å². The highest BCUT2D eigenvalue weighted by Gasteiger charge is 2.54. The largest absolute Gasteiger partial charge is 0.543 e. The fourth-order valence-corrected chi connectivity index (χ4v) is 7.06. The van der Waals surface area contributed by atoms with Gasteiger partial charge >= 0.3 is 0 Å². The van der Waals surface area contributed by atoms with Crippen LogP contribution in [-0.2, 0) is 6.42 Å². The Morgan fingerprint density at radius 2 is 1.85 bits per heavy atom. The summed E-state index contributed by atoms with van der Waals surface area (Å²) in [7, 11) is -1.79. The van der Waals surface area contributed by atoms with Crippen molar-refractivity contribution in [2.75, 3.05) is 0 Å². The smallest absolute Gasteiger partial charge is 0.250 e. The van der Waals surface area contributed by atoms with Gasteiger partial charge in [-0.3, -0.25) is 0 Å². The first kappa shape index (κ1) is 19.5. The van der Waals surface area contributed by atoms with Gasteiger partial charge in [0.25, 0.3) is 0 Å². The first-order chi connectivity index (χ1) is 12.5. The summed E-state index contributed by atoms with van der Waals surface area (Å²) in [6.07, 6.45) is 7.04. The monoisotopic (exact) mass is 386 g/mol. The molecule has 0 aliphatic heterocycles. The Morgan fingerprint density at radius 1 is 1.11 bits per heavy atom. The second-order valence-corrected chi connectivity index (χ2v) is 16.0. The lowest BCUT2D eigenvalue weighted by Crippen LogP contribution is -2.44. The Hall–Kier alpha value is -0.803. The highest BCUT2D eigenvalue weighted by Crippen LogP contribution is 2.61. The van der Waals surface area contributed by atoms with Crippen molar-refractivity contribution in [3.63, 3.8) is 0 Å². The molecule has 1 aromatic carbocycles. The van der Waals surface area contributed by atoms with E-state index in [2.05, 4.69) is 59.0 Å². The van der Waals surface area contributed by atoms with Gasteiger partial charge in [-0.1, -0.05) is 33.8 Å². The predicted molar refractivity (Wildman–Crippen MR) is 115 cm³/mol. The first-order valence-corrected chi connectivity index (χ1v) is 13.9. The van der Waals surface area contributed by atoms with E-state index in [-0.39, 0.29) is 16.6 Å². The van der Waals surface area contributed by atoms with E-state index in [4.69, 9.17) is 4.43 Å². The van der Waals surface area contributed by atoms with Gasteiger partial charge in [0.1, 0.15) is 5.75 Å². The van der Waals surface area contributed by atoms with E-state index < -0.39 is 8.32 Å². The first-order valence-electron chi connectivity index (χ1n) is 11.0. The molecule has 0 radical (unpaired) electrons. The molecule has 5 unspecified atom stereocenters. The lowest BCUT2D eigenvalue weighted by atomic mass is 9.55. The van der Waals surface area contributed by atoms with Crippen molar-refractivity contribution < 1.29 is 9.53 Å². The molecule has 0 spiro atoms. The molecule has 4 rings (SSSR count). The lowest BCUT2D eigenvalue weighted by molar-refractivity contribution is -0.0226. The van der Waals surface area contributed by atoms with E-state index in [1.807, 2.05) is 0 Å². The van der Waals surface area contributed by atoms with Crippen molar-refractivity contribution in [3.05, 3.63) is 29.3 Å². The summed E-state index contributed by atoms with van der Waals surface area (Å²) in [5.74, 6) is 3.25. The van der Waals surface area contributed by atoms with Crippen LogP contribution >= 0.6 is 0 Å². The molecule has 3 heteroatoms. The van der Waals surface area contributed by atoms with Gasteiger partial charge in [-0.25, -0.2) is 0 Å². The number of aliphatic hydroxyl groups excluding tert-OH is 1. The summed E-state index contributed by atoms with van der Waals surface area (Å²) >= 11 is 0. The third-order valence-electron chi connectivity index (χ3n) is 8.83. The maximum absolute atomic E-state index is 10.6. The van der Waals surface area contributed by atoms with E-state index in [1.165, 1.54) is 37.7 Å². The zero-order valence-corrected chi connectivity index (χ0v) is 19.1. The third kappa shape index (κ3) is 3.09. The molecule has 0 heterocycles. The molecule has 0 saturated heterocycles. The molecule has 0 aromatic heterocycles. The Balaban J connectivity index is 1.58. The summed E-state index contributed by atoms with van der Waals surface area (Å²) in [4.78, 5) is 0. The average molecular weight is 387 g/mol. The molecule has 0 bridgehead atoms. The summed E-state index contributed by atoms with van der Waals surface area (Å²) in [5, 5.41) is 10.8.